The van der Waals surface area contributed by atoms with E-state index in [9.17, 15) is 28.4 Å². The summed E-state index contributed by atoms with van der Waals surface area (Å²) in [6.45, 7) is 3.98. The van der Waals surface area contributed by atoms with Crippen LogP contribution in [0, 0.1) is 11.7 Å². The summed E-state index contributed by atoms with van der Waals surface area (Å²) < 4.78 is 13.8. The van der Waals surface area contributed by atoms with Gasteiger partial charge in [0.15, 0.2) is 0 Å². The Balaban J connectivity index is 1.76. The molecule has 178 valence electrons. The van der Waals surface area contributed by atoms with Crippen LogP contribution in [0.25, 0.3) is 0 Å². The van der Waals surface area contributed by atoms with Crippen molar-refractivity contribution in [1.29, 1.82) is 0 Å². The number of aromatic amines is 1. The van der Waals surface area contributed by atoms with Crippen molar-refractivity contribution < 1.29 is 18.8 Å². The molecule has 10 nitrogen and oxygen atoms in total. The standard InChI is InChI=1S/C21H32FN5O5/c1-3-5-13(6-4-2)18(29)23-11-17(28)24-14-7-9-15(10-8-14)25-20(31)27-12-16(22)19(30)26-21(27)32/h12-15H,3-11H2,1-2H3,(H,23,29)(H,24,28)(H,25,31)(H,26,30,32). The first-order valence-electron chi connectivity index (χ1n) is 11.1. The van der Waals surface area contributed by atoms with Gasteiger partial charge in [0.25, 0.3) is 5.56 Å². The van der Waals surface area contributed by atoms with E-state index in [4.69, 9.17) is 0 Å². The summed E-state index contributed by atoms with van der Waals surface area (Å²) in [4.78, 5) is 61.1. The number of rotatable bonds is 9. The first-order chi connectivity index (χ1) is 15.2. The number of nitrogens with zero attached hydrogens (tertiary/aromatic N) is 1. The summed E-state index contributed by atoms with van der Waals surface area (Å²) in [5, 5.41) is 8.25. The van der Waals surface area contributed by atoms with E-state index < -0.39 is 23.1 Å². The SMILES string of the molecule is CCCC(CCC)C(=O)NCC(=O)NC1CCC(NC(=O)n2cc(F)c(=O)[nH]c2=O)CC1. The Morgan fingerprint density at radius 2 is 1.62 bits per heavy atom. The lowest BCUT2D eigenvalue weighted by molar-refractivity contribution is -0.129. The third kappa shape index (κ3) is 7.31. The minimum atomic E-state index is -1.23. The van der Waals surface area contributed by atoms with Crippen molar-refractivity contribution in [2.45, 2.75) is 77.3 Å². The van der Waals surface area contributed by atoms with Crippen LogP contribution in [0.4, 0.5) is 9.18 Å². The van der Waals surface area contributed by atoms with E-state index in [0.717, 1.165) is 25.7 Å². The van der Waals surface area contributed by atoms with Crippen LogP contribution in [0.3, 0.4) is 0 Å². The highest BCUT2D eigenvalue weighted by Gasteiger charge is 2.25. The number of nitrogens with one attached hydrogen (secondary N) is 4. The van der Waals surface area contributed by atoms with Gasteiger partial charge in [-0.05, 0) is 38.5 Å². The molecular formula is C21H32FN5O5. The van der Waals surface area contributed by atoms with Crippen LogP contribution in [0.2, 0.25) is 0 Å². The number of carbonyl (C=O) groups excluding carboxylic acids is 3. The Labute approximate surface area is 185 Å². The van der Waals surface area contributed by atoms with Gasteiger partial charge >= 0.3 is 11.7 Å². The molecule has 1 aromatic heterocycles. The smallest absolute Gasteiger partial charge is 0.336 e. The number of H-pyrrole nitrogens is 1. The molecule has 0 spiro atoms. The Hall–Kier alpha value is -2.98. The van der Waals surface area contributed by atoms with Crippen molar-refractivity contribution in [2.24, 2.45) is 5.92 Å². The highest BCUT2D eigenvalue weighted by atomic mass is 19.1. The van der Waals surface area contributed by atoms with E-state index in [-0.39, 0.29) is 36.4 Å². The maximum atomic E-state index is 13.4. The molecule has 1 aromatic rings. The molecule has 1 heterocycles. The molecule has 0 bridgehead atoms. The van der Waals surface area contributed by atoms with Crippen molar-refractivity contribution >= 4 is 17.8 Å². The lowest BCUT2D eigenvalue weighted by Crippen LogP contribution is -2.49. The van der Waals surface area contributed by atoms with E-state index in [1.54, 1.807) is 4.98 Å². The van der Waals surface area contributed by atoms with Crippen LogP contribution in [0.15, 0.2) is 15.8 Å². The van der Waals surface area contributed by atoms with Crippen LogP contribution in [-0.2, 0) is 9.59 Å². The second-order valence-corrected chi connectivity index (χ2v) is 8.16. The molecule has 1 saturated carbocycles. The topological polar surface area (TPSA) is 142 Å². The Bertz CT molecular complexity index is 914. The second-order valence-electron chi connectivity index (χ2n) is 8.16. The molecule has 4 N–H and O–H groups in total. The van der Waals surface area contributed by atoms with E-state index in [1.165, 1.54) is 0 Å². The molecule has 0 aliphatic heterocycles. The van der Waals surface area contributed by atoms with Crippen molar-refractivity contribution in [1.82, 2.24) is 25.5 Å². The predicted octanol–water partition coefficient (Wildman–Crippen LogP) is 0.993. The highest BCUT2D eigenvalue weighted by Crippen LogP contribution is 2.19. The lowest BCUT2D eigenvalue weighted by Gasteiger charge is -2.29. The van der Waals surface area contributed by atoms with Gasteiger partial charge < -0.3 is 16.0 Å². The minimum Gasteiger partial charge on any atom is -0.352 e. The number of halogens is 1. The van der Waals surface area contributed by atoms with E-state index in [2.05, 4.69) is 16.0 Å². The summed E-state index contributed by atoms with van der Waals surface area (Å²) in [5.41, 5.74) is -2.20. The summed E-state index contributed by atoms with van der Waals surface area (Å²) in [6, 6.07) is -1.15. The molecule has 0 aromatic carbocycles. The maximum absolute atomic E-state index is 13.4. The first-order valence-corrected chi connectivity index (χ1v) is 11.1. The number of hydrogen-bond donors (Lipinski definition) is 4. The minimum absolute atomic E-state index is 0.0692. The zero-order chi connectivity index (χ0) is 23.7. The maximum Gasteiger partial charge on any atom is 0.336 e. The molecule has 1 aliphatic rings. The van der Waals surface area contributed by atoms with Crippen molar-refractivity contribution in [2.75, 3.05) is 6.54 Å². The quantitative estimate of drug-likeness (QED) is 0.441. The molecule has 0 atom stereocenters. The molecular weight excluding hydrogens is 421 g/mol. The van der Waals surface area contributed by atoms with Gasteiger partial charge in [-0.25, -0.2) is 14.2 Å². The van der Waals surface area contributed by atoms with E-state index in [1.807, 2.05) is 13.8 Å². The van der Waals surface area contributed by atoms with E-state index in [0.29, 0.717) is 36.4 Å². The van der Waals surface area contributed by atoms with Gasteiger partial charge in [0, 0.05) is 18.0 Å². The zero-order valence-electron chi connectivity index (χ0n) is 18.5. The Morgan fingerprint density at radius 1 is 1.06 bits per heavy atom. The molecule has 11 heteroatoms. The van der Waals surface area contributed by atoms with Crippen molar-refractivity contribution in [3.8, 4) is 0 Å². The number of hydrogen-bond acceptors (Lipinski definition) is 5. The number of amides is 3. The van der Waals surface area contributed by atoms with Crippen LogP contribution in [-0.4, -0.2) is 46.0 Å². The van der Waals surface area contributed by atoms with Gasteiger partial charge in [0.05, 0.1) is 12.7 Å². The lowest BCUT2D eigenvalue weighted by atomic mass is 9.91. The average molecular weight is 454 g/mol. The van der Waals surface area contributed by atoms with Gasteiger partial charge in [-0.15, -0.1) is 0 Å². The predicted molar refractivity (Wildman–Crippen MR) is 116 cm³/mol. The molecule has 0 radical (unpaired) electrons. The fourth-order valence-electron chi connectivity index (χ4n) is 3.92. The van der Waals surface area contributed by atoms with E-state index >= 15 is 0 Å². The highest BCUT2D eigenvalue weighted by molar-refractivity contribution is 5.85. The molecule has 3 amide bonds. The van der Waals surface area contributed by atoms with Crippen LogP contribution in [0.1, 0.15) is 65.2 Å². The molecule has 0 saturated heterocycles. The fourth-order valence-corrected chi connectivity index (χ4v) is 3.92. The van der Waals surface area contributed by atoms with Gasteiger partial charge in [0.1, 0.15) is 0 Å². The number of aromatic nitrogens is 2. The second kappa shape index (κ2) is 12.2. The van der Waals surface area contributed by atoms with Crippen LogP contribution in [0.5, 0.6) is 0 Å². The van der Waals surface area contributed by atoms with Crippen LogP contribution < -0.4 is 27.2 Å². The van der Waals surface area contributed by atoms with Gasteiger partial charge in [-0.1, -0.05) is 26.7 Å². The molecule has 1 fully saturated rings. The van der Waals surface area contributed by atoms with Gasteiger partial charge in [0.2, 0.25) is 17.6 Å². The summed E-state index contributed by atoms with van der Waals surface area (Å²) >= 11 is 0. The molecule has 1 aliphatic carbocycles. The fraction of sp³-hybridized carbons (Fsp3) is 0.667. The van der Waals surface area contributed by atoms with Crippen molar-refractivity contribution in [3.05, 3.63) is 32.9 Å². The average Bonchev–Trinajstić information content (AvgIpc) is 2.75. The monoisotopic (exact) mass is 453 g/mol. The third-order valence-electron chi connectivity index (χ3n) is 5.61. The number of carbonyl (C=O) groups is 3. The molecule has 2 rings (SSSR count). The van der Waals surface area contributed by atoms with Gasteiger partial charge in [-0.3, -0.25) is 19.4 Å². The Morgan fingerprint density at radius 3 is 2.19 bits per heavy atom. The van der Waals surface area contributed by atoms with Crippen LogP contribution >= 0.6 is 0 Å². The first kappa shape index (κ1) is 25.3. The summed E-state index contributed by atoms with van der Waals surface area (Å²) in [7, 11) is 0. The summed E-state index contributed by atoms with van der Waals surface area (Å²) in [6.07, 6.45) is 6.30. The summed E-state index contributed by atoms with van der Waals surface area (Å²) in [5.74, 6) is -1.65. The largest absolute Gasteiger partial charge is 0.352 e. The van der Waals surface area contributed by atoms with Crippen molar-refractivity contribution in [3.63, 3.8) is 0 Å². The molecule has 32 heavy (non-hydrogen) atoms. The van der Waals surface area contributed by atoms with Gasteiger partial charge in [-0.2, -0.15) is 4.39 Å². The third-order valence-corrected chi connectivity index (χ3v) is 5.61. The molecule has 0 unspecified atom stereocenters. The normalized spacial score (nSPS) is 18.2. The zero-order valence-corrected chi connectivity index (χ0v) is 18.5. The Kier molecular flexibility index (Phi) is 9.61.